The molecule has 7 heteroatoms. The summed E-state index contributed by atoms with van der Waals surface area (Å²) < 4.78 is 17.0. The molecule has 6 nitrogen and oxygen atoms in total. The first-order valence-electron chi connectivity index (χ1n) is 11.9. The van der Waals surface area contributed by atoms with Gasteiger partial charge in [-0.2, -0.15) is 0 Å². The van der Waals surface area contributed by atoms with Crippen molar-refractivity contribution in [3.63, 3.8) is 0 Å². The van der Waals surface area contributed by atoms with Crippen molar-refractivity contribution >= 4 is 29.2 Å². The van der Waals surface area contributed by atoms with Crippen molar-refractivity contribution in [2.75, 3.05) is 7.11 Å². The highest BCUT2D eigenvalue weighted by atomic mass is 35.5. The van der Waals surface area contributed by atoms with E-state index in [2.05, 4.69) is 5.32 Å². The second-order valence-electron chi connectivity index (χ2n) is 10.3. The Bertz CT molecular complexity index is 1130. The van der Waals surface area contributed by atoms with Gasteiger partial charge in [0.15, 0.2) is 0 Å². The molecule has 2 aromatic rings. The third kappa shape index (κ3) is 5.18. The summed E-state index contributed by atoms with van der Waals surface area (Å²) in [7, 11) is 1.58. The molecular weight excluding hydrogens is 466 g/mol. The first-order valence-corrected chi connectivity index (χ1v) is 12.2. The van der Waals surface area contributed by atoms with Crippen molar-refractivity contribution in [2.24, 2.45) is 5.41 Å². The van der Waals surface area contributed by atoms with Gasteiger partial charge in [0.1, 0.15) is 18.0 Å². The van der Waals surface area contributed by atoms with Crippen LogP contribution in [0.15, 0.2) is 54.6 Å². The SMILES string of the molecule is COc1cccc(Cl)c1C1=CC2(C(=O)OC(C)(C)C)CCC1(NC(=O)OCc1ccccc1)CC2. The molecule has 1 fully saturated rings. The maximum atomic E-state index is 13.4. The van der Waals surface area contributed by atoms with Crippen molar-refractivity contribution < 1.29 is 23.8 Å². The molecule has 5 rings (SSSR count). The molecule has 2 aromatic carbocycles. The van der Waals surface area contributed by atoms with Crippen molar-refractivity contribution in [1.29, 1.82) is 0 Å². The molecular formula is C28H32ClNO5. The monoisotopic (exact) mass is 497 g/mol. The fourth-order valence-corrected chi connectivity index (χ4v) is 5.26. The Kier molecular flexibility index (Phi) is 6.87. The van der Waals surface area contributed by atoms with E-state index in [0.717, 1.165) is 11.1 Å². The molecule has 186 valence electrons. The summed E-state index contributed by atoms with van der Waals surface area (Å²) in [6.45, 7) is 5.76. The molecule has 1 N–H and O–H groups in total. The number of alkyl carbamates (subject to hydrolysis) is 1. The average molecular weight is 498 g/mol. The van der Waals surface area contributed by atoms with E-state index in [1.807, 2.05) is 69.3 Å². The highest BCUT2D eigenvalue weighted by Gasteiger charge is 2.55. The Balaban J connectivity index is 1.70. The number of esters is 1. The molecule has 0 heterocycles. The van der Waals surface area contributed by atoms with E-state index in [0.29, 0.717) is 42.0 Å². The largest absolute Gasteiger partial charge is 0.496 e. The number of amides is 1. The van der Waals surface area contributed by atoms with Gasteiger partial charge in [0, 0.05) is 5.56 Å². The number of nitrogens with one attached hydrogen (secondary N) is 1. The number of carbonyl (C=O) groups excluding carboxylic acids is 2. The summed E-state index contributed by atoms with van der Waals surface area (Å²) in [6, 6.07) is 14.9. The quantitative estimate of drug-likeness (QED) is 0.473. The van der Waals surface area contributed by atoms with Gasteiger partial charge in [-0.25, -0.2) is 4.79 Å². The van der Waals surface area contributed by atoms with Crippen molar-refractivity contribution in [1.82, 2.24) is 5.32 Å². The Morgan fingerprint density at radius 1 is 1.00 bits per heavy atom. The van der Waals surface area contributed by atoms with E-state index in [1.54, 1.807) is 13.2 Å². The van der Waals surface area contributed by atoms with E-state index in [9.17, 15) is 9.59 Å². The summed E-state index contributed by atoms with van der Waals surface area (Å²) in [6.07, 6.45) is 3.63. The number of rotatable bonds is 6. The fraction of sp³-hybridized carbons (Fsp3) is 0.429. The van der Waals surface area contributed by atoms with Crippen LogP contribution in [-0.4, -0.2) is 30.3 Å². The van der Waals surface area contributed by atoms with Crippen molar-refractivity contribution in [3.8, 4) is 5.75 Å². The zero-order chi connectivity index (χ0) is 25.3. The lowest BCUT2D eigenvalue weighted by molar-refractivity contribution is -0.167. The minimum absolute atomic E-state index is 0.166. The van der Waals surface area contributed by atoms with Crippen molar-refractivity contribution in [2.45, 2.75) is 64.2 Å². The molecule has 3 aliphatic carbocycles. The molecule has 3 aliphatic rings. The molecule has 0 saturated heterocycles. The van der Waals surface area contributed by atoms with Crippen LogP contribution < -0.4 is 10.1 Å². The summed E-state index contributed by atoms with van der Waals surface area (Å²) in [5.74, 6) is 0.322. The van der Waals surface area contributed by atoms with Gasteiger partial charge in [-0.1, -0.05) is 54.1 Å². The van der Waals surface area contributed by atoms with Gasteiger partial charge in [-0.05, 0) is 69.7 Å². The molecule has 2 bridgehead atoms. The van der Waals surface area contributed by atoms with Crippen LogP contribution in [0.3, 0.4) is 0 Å². The molecule has 0 unspecified atom stereocenters. The van der Waals surface area contributed by atoms with Gasteiger partial charge >= 0.3 is 12.1 Å². The van der Waals surface area contributed by atoms with Crippen molar-refractivity contribution in [3.05, 3.63) is 70.8 Å². The van der Waals surface area contributed by atoms with Gasteiger partial charge in [-0.15, -0.1) is 0 Å². The fourth-order valence-electron chi connectivity index (χ4n) is 4.99. The molecule has 0 spiro atoms. The number of benzene rings is 2. The van der Waals surface area contributed by atoms with Gasteiger partial charge < -0.3 is 19.5 Å². The Morgan fingerprint density at radius 3 is 2.31 bits per heavy atom. The first kappa shape index (κ1) is 25.1. The van der Waals surface area contributed by atoms with E-state index in [4.69, 9.17) is 25.8 Å². The Labute approximate surface area is 211 Å². The molecule has 0 aliphatic heterocycles. The van der Waals surface area contributed by atoms with Gasteiger partial charge in [-0.3, -0.25) is 4.79 Å². The predicted molar refractivity (Wildman–Crippen MR) is 135 cm³/mol. The van der Waals surface area contributed by atoms with Gasteiger partial charge in [0.05, 0.1) is 23.1 Å². The standard InChI is InChI=1S/C28H32ClNO5/c1-26(2,3)35-24(31)27-13-15-28(16-14-27,30-25(32)34-18-19-9-6-5-7-10-19)20(17-27)23-21(29)11-8-12-22(23)33-4/h5-12,17H,13-16,18H2,1-4H3,(H,30,32). The number of hydrogen-bond donors (Lipinski definition) is 1. The Morgan fingerprint density at radius 2 is 1.69 bits per heavy atom. The Hall–Kier alpha value is -2.99. The van der Waals surface area contributed by atoms with E-state index in [-0.39, 0.29) is 12.6 Å². The maximum Gasteiger partial charge on any atom is 0.408 e. The van der Waals surface area contributed by atoms with Crippen LogP contribution in [-0.2, 0) is 20.9 Å². The normalized spacial score (nSPS) is 23.3. The van der Waals surface area contributed by atoms with Crippen LogP contribution in [0, 0.1) is 5.41 Å². The third-order valence-electron chi connectivity index (χ3n) is 6.76. The molecule has 1 amide bonds. The zero-order valence-electron chi connectivity index (χ0n) is 20.7. The number of carbonyl (C=O) groups is 2. The number of methoxy groups -OCH3 is 1. The topological polar surface area (TPSA) is 73.9 Å². The maximum absolute atomic E-state index is 13.4. The highest BCUT2D eigenvalue weighted by molar-refractivity contribution is 6.32. The molecule has 0 atom stereocenters. The summed E-state index contributed by atoms with van der Waals surface area (Å²) in [5.41, 5.74) is 0.208. The summed E-state index contributed by atoms with van der Waals surface area (Å²) in [5, 5.41) is 3.61. The number of fused-ring (bicyclic) bond motifs is 2. The van der Waals surface area contributed by atoms with Gasteiger partial charge in [0.25, 0.3) is 0 Å². The molecule has 0 radical (unpaired) electrons. The molecule has 0 aromatic heterocycles. The van der Waals surface area contributed by atoms with E-state index >= 15 is 0 Å². The number of ether oxygens (including phenoxy) is 3. The van der Waals surface area contributed by atoms with E-state index in [1.165, 1.54) is 0 Å². The zero-order valence-corrected chi connectivity index (χ0v) is 21.4. The third-order valence-corrected chi connectivity index (χ3v) is 7.07. The minimum atomic E-state index is -0.788. The number of hydrogen-bond acceptors (Lipinski definition) is 5. The van der Waals surface area contributed by atoms with E-state index < -0.39 is 22.6 Å². The second-order valence-corrected chi connectivity index (χ2v) is 10.7. The minimum Gasteiger partial charge on any atom is -0.496 e. The lowest BCUT2D eigenvalue weighted by atomic mass is 9.57. The summed E-state index contributed by atoms with van der Waals surface area (Å²) in [4.78, 5) is 26.3. The predicted octanol–water partition coefficient (Wildman–Crippen LogP) is 6.31. The van der Waals surface area contributed by atoms with Crippen LogP contribution in [0.2, 0.25) is 5.02 Å². The lowest BCUT2D eigenvalue weighted by Gasteiger charge is -2.51. The van der Waals surface area contributed by atoms with Crippen LogP contribution in [0.25, 0.3) is 5.57 Å². The second kappa shape index (κ2) is 9.57. The smallest absolute Gasteiger partial charge is 0.408 e. The van der Waals surface area contributed by atoms with Crippen LogP contribution in [0.4, 0.5) is 4.79 Å². The summed E-state index contributed by atoms with van der Waals surface area (Å²) >= 11 is 6.67. The van der Waals surface area contributed by atoms with Gasteiger partial charge in [0.2, 0.25) is 0 Å². The molecule has 1 saturated carbocycles. The average Bonchev–Trinajstić information content (AvgIpc) is 2.83. The first-order chi connectivity index (χ1) is 16.6. The lowest BCUT2D eigenvalue weighted by Crippen LogP contribution is -2.58. The van der Waals surface area contributed by atoms with Crippen LogP contribution >= 0.6 is 11.6 Å². The van der Waals surface area contributed by atoms with Crippen LogP contribution in [0.1, 0.15) is 57.6 Å². The number of halogens is 1. The highest BCUT2D eigenvalue weighted by Crippen LogP contribution is 2.57. The molecule has 35 heavy (non-hydrogen) atoms. The van der Waals surface area contributed by atoms with Crippen LogP contribution in [0.5, 0.6) is 5.75 Å².